The summed E-state index contributed by atoms with van der Waals surface area (Å²) < 4.78 is 7.13. The van der Waals surface area contributed by atoms with Gasteiger partial charge in [-0.05, 0) is 80.7 Å². The molecule has 2 aromatic carbocycles. The van der Waals surface area contributed by atoms with Crippen molar-refractivity contribution in [3.63, 3.8) is 0 Å². The van der Waals surface area contributed by atoms with Gasteiger partial charge in [0.25, 0.3) is 5.91 Å². The lowest BCUT2D eigenvalue weighted by Gasteiger charge is -2.10. The summed E-state index contributed by atoms with van der Waals surface area (Å²) in [4.78, 5) is 12.6. The zero-order valence-corrected chi connectivity index (χ0v) is 19.6. The molecule has 3 rings (SSSR count). The molecule has 0 spiro atoms. The Morgan fingerprint density at radius 3 is 2.52 bits per heavy atom. The number of carbonyl (C=O) groups excluding carboxylic acids is 1. The minimum atomic E-state index is -0.559. The minimum absolute atomic E-state index is 0.109. The summed E-state index contributed by atoms with van der Waals surface area (Å²) in [5, 5.41) is 12.9. The van der Waals surface area contributed by atoms with Crippen LogP contribution in [-0.4, -0.2) is 5.91 Å². The molecule has 4 nitrogen and oxygen atoms in total. The van der Waals surface area contributed by atoms with Gasteiger partial charge in [-0.15, -0.1) is 0 Å². The first-order valence-electron chi connectivity index (χ1n) is 8.23. The van der Waals surface area contributed by atoms with Gasteiger partial charge in [0, 0.05) is 20.6 Å². The summed E-state index contributed by atoms with van der Waals surface area (Å²) in [6.45, 7) is 1.93. The molecule has 0 aliphatic carbocycles. The molecule has 1 aromatic heterocycles. The molecule has 8 heteroatoms. The van der Waals surface area contributed by atoms with Crippen LogP contribution in [-0.2, 0) is 4.79 Å². The highest BCUT2D eigenvalue weighted by Gasteiger charge is 2.16. The number of aryl methyl sites for hydroxylation is 1. The molecule has 0 saturated heterocycles. The van der Waals surface area contributed by atoms with Gasteiger partial charge in [-0.3, -0.25) is 4.79 Å². The van der Waals surface area contributed by atoms with Crippen LogP contribution in [0.5, 0.6) is 0 Å². The number of nitriles is 1. The van der Waals surface area contributed by atoms with Gasteiger partial charge in [0.05, 0.1) is 15.7 Å². The highest BCUT2D eigenvalue weighted by molar-refractivity contribution is 9.11. The molecule has 0 unspecified atom stereocenters. The highest BCUT2D eigenvalue weighted by Crippen LogP contribution is 2.35. The third-order valence-electron chi connectivity index (χ3n) is 3.92. The fourth-order valence-corrected chi connectivity index (χ4v) is 4.57. The summed E-state index contributed by atoms with van der Waals surface area (Å²) in [6.07, 6.45) is 1.37. The lowest BCUT2D eigenvalue weighted by atomic mass is 10.2. The van der Waals surface area contributed by atoms with E-state index in [1.807, 2.05) is 25.1 Å². The number of halogens is 4. The predicted octanol–water partition coefficient (Wildman–Crippen LogP) is 7.63. The van der Waals surface area contributed by atoms with Crippen molar-refractivity contribution in [1.29, 1.82) is 5.26 Å². The summed E-state index contributed by atoms with van der Waals surface area (Å²) in [5.74, 6) is 0.256. The van der Waals surface area contributed by atoms with Crippen molar-refractivity contribution >= 4 is 72.7 Å². The number of anilines is 1. The third-order valence-corrected chi connectivity index (χ3v) is 5.99. The molecule has 0 aliphatic rings. The molecule has 0 atom stereocenters. The molecular formula is C21H12Br2Cl2N2O2. The molecule has 1 amide bonds. The van der Waals surface area contributed by atoms with Gasteiger partial charge >= 0.3 is 0 Å². The quantitative estimate of drug-likeness (QED) is 0.266. The Kier molecular flexibility index (Phi) is 6.86. The topological polar surface area (TPSA) is 66.0 Å². The van der Waals surface area contributed by atoms with Gasteiger partial charge in [-0.1, -0.05) is 29.3 Å². The number of hydrogen-bond donors (Lipinski definition) is 1. The van der Waals surface area contributed by atoms with Crippen molar-refractivity contribution in [2.75, 3.05) is 5.32 Å². The van der Waals surface area contributed by atoms with E-state index in [0.717, 1.165) is 5.56 Å². The molecular weight excluding hydrogens is 543 g/mol. The van der Waals surface area contributed by atoms with Crippen LogP contribution in [0.1, 0.15) is 11.3 Å². The summed E-state index contributed by atoms with van der Waals surface area (Å²) in [6, 6.07) is 14.2. The summed E-state index contributed by atoms with van der Waals surface area (Å²) in [7, 11) is 0. The Morgan fingerprint density at radius 2 is 1.86 bits per heavy atom. The standard InChI is InChI=1S/C21H12Br2Cl2N2O2/c1-11-7-15(22)20(16(23)8-11)27-21(28)12(10-26)9-13-5-6-18(29-13)14-3-2-4-17(24)19(14)25/h2-9H,1H3,(H,27,28)/b12-9+. The number of nitrogens with one attached hydrogen (secondary N) is 1. The number of nitrogens with zero attached hydrogens (tertiary/aromatic N) is 1. The van der Waals surface area contributed by atoms with Gasteiger partial charge in [-0.25, -0.2) is 0 Å². The Labute approximate surface area is 194 Å². The Bertz CT molecular complexity index is 1160. The molecule has 0 saturated carbocycles. The van der Waals surface area contributed by atoms with E-state index in [9.17, 15) is 10.1 Å². The van der Waals surface area contributed by atoms with Crippen molar-refractivity contribution in [1.82, 2.24) is 0 Å². The van der Waals surface area contributed by atoms with Crippen molar-refractivity contribution < 1.29 is 9.21 Å². The number of hydrogen-bond acceptors (Lipinski definition) is 3. The van der Waals surface area contributed by atoms with E-state index >= 15 is 0 Å². The van der Waals surface area contributed by atoms with Crippen LogP contribution in [0.4, 0.5) is 5.69 Å². The summed E-state index contributed by atoms with van der Waals surface area (Å²) in [5.41, 5.74) is 2.06. The molecule has 1 N–H and O–H groups in total. The number of amides is 1. The molecule has 0 radical (unpaired) electrons. The molecule has 29 heavy (non-hydrogen) atoms. The molecule has 0 aliphatic heterocycles. The maximum Gasteiger partial charge on any atom is 0.266 e. The fourth-order valence-electron chi connectivity index (χ4n) is 2.56. The molecule has 3 aromatic rings. The molecule has 146 valence electrons. The fraction of sp³-hybridized carbons (Fsp3) is 0.0476. The first-order chi connectivity index (χ1) is 13.8. The van der Waals surface area contributed by atoms with E-state index in [1.165, 1.54) is 6.08 Å². The van der Waals surface area contributed by atoms with E-state index in [2.05, 4.69) is 37.2 Å². The SMILES string of the molecule is Cc1cc(Br)c(NC(=O)/C(C#N)=C/c2ccc(-c3cccc(Cl)c3Cl)o2)c(Br)c1. The van der Waals surface area contributed by atoms with E-state index in [4.69, 9.17) is 27.6 Å². The monoisotopic (exact) mass is 552 g/mol. The second-order valence-corrected chi connectivity index (χ2v) is 8.52. The normalized spacial score (nSPS) is 11.2. The average Bonchev–Trinajstić information content (AvgIpc) is 3.13. The second-order valence-electron chi connectivity index (χ2n) is 6.03. The summed E-state index contributed by atoms with van der Waals surface area (Å²) >= 11 is 19.1. The van der Waals surface area contributed by atoms with E-state index in [1.54, 1.807) is 30.3 Å². The van der Waals surface area contributed by atoms with Crippen LogP contribution in [0.3, 0.4) is 0 Å². The van der Waals surface area contributed by atoms with E-state index in [0.29, 0.717) is 41.8 Å². The zero-order chi connectivity index (χ0) is 21.1. The van der Waals surface area contributed by atoms with Gasteiger partial charge < -0.3 is 9.73 Å². The molecule has 0 fully saturated rings. The van der Waals surface area contributed by atoms with Crippen molar-refractivity contribution in [2.24, 2.45) is 0 Å². The number of furan rings is 1. The zero-order valence-electron chi connectivity index (χ0n) is 14.9. The van der Waals surface area contributed by atoms with Crippen LogP contribution in [0, 0.1) is 18.3 Å². The van der Waals surface area contributed by atoms with Crippen molar-refractivity contribution in [3.05, 3.63) is 78.4 Å². The Morgan fingerprint density at radius 1 is 1.17 bits per heavy atom. The highest BCUT2D eigenvalue weighted by atomic mass is 79.9. The Balaban J connectivity index is 1.88. The second kappa shape index (κ2) is 9.19. The maximum absolute atomic E-state index is 12.6. The van der Waals surface area contributed by atoms with Crippen LogP contribution >= 0.6 is 55.1 Å². The minimum Gasteiger partial charge on any atom is -0.457 e. The van der Waals surface area contributed by atoms with Crippen LogP contribution in [0.2, 0.25) is 10.0 Å². The smallest absolute Gasteiger partial charge is 0.266 e. The molecule has 0 bridgehead atoms. The van der Waals surface area contributed by atoms with Gasteiger partial charge in [0.1, 0.15) is 23.2 Å². The first kappa shape index (κ1) is 21.7. The lowest BCUT2D eigenvalue weighted by molar-refractivity contribution is -0.112. The third kappa shape index (κ3) is 4.93. The van der Waals surface area contributed by atoms with Gasteiger partial charge in [0.15, 0.2) is 0 Å². The van der Waals surface area contributed by atoms with Gasteiger partial charge in [-0.2, -0.15) is 5.26 Å². The Hall–Kier alpha value is -2.04. The van der Waals surface area contributed by atoms with Crippen LogP contribution in [0.25, 0.3) is 17.4 Å². The number of carbonyl (C=O) groups is 1. The van der Waals surface area contributed by atoms with Gasteiger partial charge in [0.2, 0.25) is 0 Å². The number of rotatable bonds is 4. The van der Waals surface area contributed by atoms with Crippen molar-refractivity contribution in [3.8, 4) is 17.4 Å². The van der Waals surface area contributed by atoms with Crippen LogP contribution < -0.4 is 5.32 Å². The van der Waals surface area contributed by atoms with Crippen molar-refractivity contribution in [2.45, 2.75) is 6.92 Å². The number of benzene rings is 2. The van der Waals surface area contributed by atoms with E-state index in [-0.39, 0.29) is 5.57 Å². The van der Waals surface area contributed by atoms with Crippen LogP contribution in [0.15, 0.2) is 61.4 Å². The maximum atomic E-state index is 12.6. The molecule has 1 heterocycles. The average molecular weight is 555 g/mol. The first-order valence-corrected chi connectivity index (χ1v) is 10.6. The predicted molar refractivity (Wildman–Crippen MR) is 123 cm³/mol. The van der Waals surface area contributed by atoms with E-state index < -0.39 is 5.91 Å². The lowest BCUT2D eigenvalue weighted by Crippen LogP contribution is -2.14. The largest absolute Gasteiger partial charge is 0.457 e.